The SMILES string of the molecule is CCN1CCN(C(C(=O)O)c2ccccc2Cl)CC1. The molecule has 1 saturated heterocycles. The molecule has 5 heteroatoms. The first-order chi connectivity index (χ1) is 9.13. The van der Waals surface area contributed by atoms with Gasteiger partial charge in [-0.2, -0.15) is 0 Å². The summed E-state index contributed by atoms with van der Waals surface area (Å²) in [4.78, 5) is 15.9. The lowest BCUT2D eigenvalue weighted by Gasteiger charge is -2.37. The summed E-state index contributed by atoms with van der Waals surface area (Å²) in [6.45, 7) is 6.47. The first kappa shape index (κ1) is 14.3. The van der Waals surface area contributed by atoms with E-state index >= 15 is 0 Å². The summed E-state index contributed by atoms with van der Waals surface area (Å²) in [6.07, 6.45) is 0. The highest BCUT2D eigenvalue weighted by molar-refractivity contribution is 6.31. The number of rotatable bonds is 4. The van der Waals surface area contributed by atoms with E-state index in [9.17, 15) is 9.90 Å². The Hall–Kier alpha value is -1.10. The third-order valence-electron chi connectivity index (χ3n) is 3.65. The van der Waals surface area contributed by atoms with Gasteiger partial charge in [0, 0.05) is 31.2 Å². The summed E-state index contributed by atoms with van der Waals surface area (Å²) in [5.41, 5.74) is 0.682. The lowest BCUT2D eigenvalue weighted by molar-refractivity contribution is -0.144. The molecule has 0 bridgehead atoms. The Kier molecular flexibility index (Phi) is 4.80. The van der Waals surface area contributed by atoms with E-state index in [1.807, 2.05) is 17.0 Å². The van der Waals surface area contributed by atoms with Gasteiger partial charge in [0.15, 0.2) is 0 Å². The van der Waals surface area contributed by atoms with E-state index in [2.05, 4.69) is 11.8 Å². The van der Waals surface area contributed by atoms with Crippen molar-refractivity contribution < 1.29 is 9.90 Å². The molecule has 1 atom stereocenters. The van der Waals surface area contributed by atoms with Gasteiger partial charge >= 0.3 is 5.97 Å². The standard InChI is InChI=1S/C14H19ClN2O2/c1-2-16-7-9-17(10-8-16)13(14(18)19)11-5-3-4-6-12(11)15/h3-6,13H,2,7-10H2,1H3,(H,18,19). The maximum Gasteiger partial charge on any atom is 0.325 e. The second-order valence-corrected chi connectivity index (χ2v) is 5.14. The largest absolute Gasteiger partial charge is 0.480 e. The number of aliphatic carboxylic acids is 1. The van der Waals surface area contributed by atoms with Gasteiger partial charge in [-0.1, -0.05) is 36.7 Å². The molecule has 0 aliphatic carbocycles. The molecule has 0 amide bonds. The predicted molar refractivity (Wildman–Crippen MR) is 75.5 cm³/mol. The molecule has 1 fully saturated rings. The minimum Gasteiger partial charge on any atom is -0.480 e. The summed E-state index contributed by atoms with van der Waals surface area (Å²) in [7, 11) is 0. The van der Waals surface area contributed by atoms with Crippen LogP contribution in [0.4, 0.5) is 0 Å². The fraction of sp³-hybridized carbons (Fsp3) is 0.500. The van der Waals surface area contributed by atoms with Crippen LogP contribution in [0.3, 0.4) is 0 Å². The van der Waals surface area contributed by atoms with Crippen molar-refractivity contribution in [1.29, 1.82) is 0 Å². The number of benzene rings is 1. The van der Waals surface area contributed by atoms with Crippen molar-refractivity contribution in [2.45, 2.75) is 13.0 Å². The van der Waals surface area contributed by atoms with Gasteiger partial charge in [-0.05, 0) is 18.2 Å². The molecule has 19 heavy (non-hydrogen) atoms. The quantitative estimate of drug-likeness (QED) is 0.919. The molecule has 1 N–H and O–H groups in total. The van der Waals surface area contributed by atoms with Crippen molar-refractivity contribution in [3.8, 4) is 0 Å². The molecule has 4 nitrogen and oxygen atoms in total. The number of piperazine rings is 1. The lowest BCUT2D eigenvalue weighted by Crippen LogP contribution is -2.49. The maximum absolute atomic E-state index is 11.6. The summed E-state index contributed by atoms with van der Waals surface area (Å²) < 4.78 is 0. The highest BCUT2D eigenvalue weighted by Gasteiger charge is 2.31. The zero-order valence-electron chi connectivity index (χ0n) is 11.1. The van der Waals surface area contributed by atoms with Crippen LogP contribution in [-0.2, 0) is 4.79 Å². The molecule has 0 radical (unpaired) electrons. The summed E-state index contributed by atoms with van der Waals surface area (Å²) >= 11 is 6.14. The van der Waals surface area contributed by atoms with E-state index in [-0.39, 0.29) is 0 Å². The number of carbonyl (C=O) groups is 1. The number of hydrogen-bond donors (Lipinski definition) is 1. The van der Waals surface area contributed by atoms with Gasteiger partial charge in [-0.15, -0.1) is 0 Å². The second-order valence-electron chi connectivity index (χ2n) is 4.73. The molecule has 1 unspecified atom stereocenters. The minimum atomic E-state index is -0.835. The van der Waals surface area contributed by atoms with Crippen LogP contribution in [0.15, 0.2) is 24.3 Å². The molecule has 1 heterocycles. The Morgan fingerprint density at radius 1 is 1.32 bits per heavy atom. The van der Waals surface area contributed by atoms with E-state index in [1.165, 1.54) is 0 Å². The van der Waals surface area contributed by atoms with Crippen molar-refractivity contribution in [2.24, 2.45) is 0 Å². The first-order valence-corrected chi connectivity index (χ1v) is 6.95. The monoisotopic (exact) mass is 282 g/mol. The van der Waals surface area contributed by atoms with Crippen LogP contribution in [0.2, 0.25) is 5.02 Å². The molecule has 1 aromatic rings. The van der Waals surface area contributed by atoms with E-state index < -0.39 is 12.0 Å². The highest BCUT2D eigenvalue weighted by Crippen LogP contribution is 2.28. The van der Waals surface area contributed by atoms with Gasteiger partial charge in [0.05, 0.1) is 0 Å². The Labute approximate surface area is 118 Å². The van der Waals surface area contributed by atoms with Gasteiger partial charge in [0.2, 0.25) is 0 Å². The van der Waals surface area contributed by atoms with Crippen LogP contribution >= 0.6 is 11.6 Å². The first-order valence-electron chi connectivity index (χ1n) is 6.57. The highest BCUT2D eigenvalue weighted by atomic mass is 35.5. The number of likely N-dealkylation sites (N-methyl/N-ethyl adjacent to an activating group) is 1. The van der Waals surface area contributed by atoms with Crippen molar-refractivity contribution in [2.75, 3.05) is 32.7 Å². The molecule has 1 aliphatic rings. The van der Waals surface area contributed by atoms with Gasteiger partial charge in [-0.3, -0.25) is 9.69 Å². The fourth-order valence-electron chi connectivity index (χ4n) is 2.52. The molecule has 2 rings (SSSR count). The molecule has 1 aliphatic heterocycles. The fourth-order valence-corrected chi connectivity index (χ4v) is 2.76. The van der Waals surface area contributed by atoms with E-state index in [1.54, 1.807) is 12.1 Å². The van der Waals surface area contributed by atoms with Gasteiger partial charge in [-0.25, -0.2) is 0 Å². The Morgan fingerprint density at radius 2 is 1.95 bits per heavy atom. The molecule has 1 aromatic carbocycles. The smallest absolute Gasteiger partial charge is 0.325 e. The van der Waals surface area contributed by atoms with Crippen LogP contribution < -0.4 is 0 Å². The van der Waals surface area contributed by atoms with Crippen LogP contribution in [0, 0.1) is 0 Å². The number of halogens is 1. The second kappa shape index (κ2) is 6.37. The number of hydrogen-bond acceptors (Lipinski definition) is 3. The molecular weight excluding hydrogens is 264 g/mol. The van der Waals surface area contributed by atoms with Crippen molar-refractivity contribution in [1.82, 2.24) is 9.80 Å². The Bertz CT molecular complexity index is 445. The lowest BCUT2D eigenvalue weighted by atomic mass is 10.0. The van der Waals surface area contributed by atoms with E-state index in [0.717, 1.165) is 32.7 Å². The number of carboxylic acids is 1. The maximum atomic E-state index is 11.6. The normalized spacial score (nSPS) is 19.3. The van der Waals surface area contributed by atoms with Crippen LogP contribution in [0.5, 0.6) is 0 Å². The number of nitrogens with zero attached hydrogens (tertiary/aromatic N) is 2. The molecule has 0 saturated carbocycles. The van der Waals surface area contributed by atoms with Crippen molar-refractivity contribution in [3.63, 3.8) is 0 Å². The summed E-state index contributed by atoms with van der Waals surface area (Å²) in [6, 6.07) is 6.55. The Morgan fingerprint density at radius 3 is 2.47 bits per heavy atom. The van der Waals surface area contributed by atoms with Crippen LogP contribution in [0.25, 0.3) is 0 Å². The molecule has 0 spiro atoms. The predicted octanol–water partition coefficient (Wildman–Crippen LogP) is 2.10. The average molecular weight is 283 g/mol. The molecular formula is C14H19ClN2O2. The summed E-state index contributed by atoms with van der Waals surface area (Å²) in [5, 5.41) is 10.0. The average Bonchev–Trinajstić information content (AvgIpc) is 2.42. The third-order valence-corrected chi connectivity index (χ3v) is 4.00. The van der Waals surface area contributed by atoms with Gasteiger partial charge in [0.25, 0.3) is 0 Å². The third kappa shape index (κ3) is 3.26. The van der Waals surface area contributed by atoms with Crippen molar-refractivity contribution in [3.05, 3.63) is 34.9 Å². The van der Waals surface area contributed by atoms with Gasteiger partial charge < -0.3 is 10.0 Å². The molecule has 104 valence electrons. The van der Waals surface area contributed by atoms with Crippen LogP contribution in [-0.4, -0.2) is 53.6 Å². The number of carboxylic acid groups (broad SMARTS) is 1. The minimum absolute atomic E-state index is 0.521. The molecule has 0 aromatic heterocycles. The van der Waals surface area contributed by atoms with E-state index in [0.29, 0.717) is 10.6 Å². The van der Waals surface area contributed by atoms with E-state index in [4.69, 9.17) is 11.6 Å². The Balaban J connectivity index is 2.18. The topological polar surface area (TPSA) is 43.8 Å². The zero-order chi connectivity index (χ0) is 13.8. The van der Waals surface area contributed by atoms with Gasteiger partial charge in [0.1, 0.15) is 6.04 Å². The summed E-state index contributed by atoms with van der Waals surface area (Å²) in [5.74, 6) is -0.835. The zero-order valence-corrected chi connectivity index (χ0v) is 11.8. The van der Waals surface area contributed by atoms with Crippen molar-refractivity contribution >= 4 is 17.6 Å². The van der Waals surface area contributed by atoms with Crippen LogP contribution in [0.1, 0.15) is 18.5 Å².